The molecule has 0 fully saturated rings. The lowest BCUT2D eigenvalue weighted by Gasteiger charge is -2.27. The van der Waals surface area contributed by atoms with Crippen LogP contribution in [0.4, 0.5) is 5.69 Å². The van der Waals surface area contributed by atoms with Gasteiger partial charge in [0.1, 0.15) is 0 Å². The number of aliphatic hydroxyl groups is 1. The Hall–Kier alpha value is -1.35. The number of hydrogen-bond acceptors (Lipinski definition) is 2. The predicted molar refractivity (Wildman–Crippen MR) is 77.1 cm³/mol. The Balaban J connectivity index is 2.35. The summed E-state index contributed by atoms with van der Waals surface area (Å²) >= 11 is 0. The molecule has 1 heterocycles. The molecule has 0 aromatic heterocycles. The standard InChI is InChI=1S/C16H23NO2/c1-3-12(4-2)16(19)17-11-7-10-15(18)13-8-5-6-9-14(13)17/h5-6,8-9,12,15,18H,3-4,7,10-11H2,1-2H3. The highest BCUT2D eigenvalue weighted by molar-refractivity contribution is 5.95. The number of benzene rings is 1. The van der Waals surface area contributed by atoms with Crippen LogP contribution in [0.3, 0.4) is 0 Å². The molecule has 0 aliphatic carbocycles. The molecule has 1 N–H and O–H groups in total. The van der Waals surface area contributed by atoms with E-state index in [1.807, 2.05) is 29.2 Å². The van der Waals surface area contributed by atoms with E-state index in [1.165, 1.54) is 0 Å². The monoisotopic (exact) mass is 261 g/mol. The number of rotatable bonds is 3. The molecule has 0 saturated heterocycles. The summed E-state index contributed by atoms with van der Waals surface area (Å²) in [6.07, 6.45) is 2.87. The third-order valence-corrected chi connectivity index (χ3v) is 4.05. The van der Waals surface area contributed by atoms with Crippen molar-refractivity contribution in [2.45, 2.75) is 45.6 Å². The molecule has 19 heavy (non-hydrogen) atoms. The zero-order chi connectivity index (χ0) is 13.8. The van der Waals surface area contributed by atoms with E-state index in [2.05, 4.69) is 13.8 Å². The minimum atomic E-state index is -0.448. The van der Waals surface area contributed by atoms with Gasteiger partial charge < -0.3 is 10.0 Å². The predicted octanol–water partition coefficient (Wildman–Crippen LogP) is 3.28. The molecule has 0 radical (unpaired) electrons. The van der Waals surface area contributed by atoms with Crippen molar-refractivity contribution in [1.82, 2.24) is 0 Å². The lowest BCUT2D eigenvalue weighted by Crippen LogP contribution is -2.36. The van der Waals surface area contributed by atoms with E-state index < -0.39 is 6.10 Å². The molecular weight excluding hydrogens is 238 g/mol. The number of anilines is 1. The fourth-order valence-electron chi connectivity index (χ4n) is 2.82. The van der Waals surface area contributed by atoms with Crippen LogP contribution in [0.1, 0.15) is 51.2 Å². The van der Waals surface area contributed by atoms with Gasteiger partial charge in [0.15, 0.2) is 0 Å². The first-order valence-corrected chi connectivity index (χ1v) is 7.27. The van der Waals surface area contributed by atoms with Crippen molar-refractivity contribution in [2.24, 2.45) is 5.92 Å². The highest BCUT2D eigenvalue weighted by Crippen LogP contribution is 2.33. The number of aliphatic hydroxyl groups excluding tert-OH is 1. The molecule has 1 atom stereocenters. The SMILES string of the molecule is CCC(CC)C(=O)N1CCCC(O)c2ccccc21. The van der Waals surface area contributed by atoms with Crippen molar-refractivity contribution in [1.29, 1.82) is 0 Å². The van der Waals surface area contributed by atoms with E-state index >= 15 is 0 Å². The maximum atomic E-state index is 12.6. The number of nitrogens with zero attached hydrogens (tertiary/aromatic N) is 1. The van der Waals surface area contributed by atoms with E-state index in [1.54, 1.807) is 0 Å². The summed E-state index contributed by atoms with van der Waals surface area (Å²) in [6, 6.07) is 7.74. The summed E-state index contributed by atoms with van der Waals surface area (Å²) in [6.45, 7) is 4.83. The van der Waals surface area contributed by atoms with Crippen LogP contribution in [0.15, 0.2) is 24.3 Å². The highest BCUT2D eigenvalue weighted by atomic mass is 16.3. The maximum absolute atomic E-state index is 12.6. The van der Waals surface area contributed by atoms with E-state index in [4.69, 9.17) is 0 Å². The van der Waals surface area contributed by atoms with Crippen molar-refractivity contribution in [3.63, 3.8) is 0 Å². The van der Waals surface area contributed by atoms with Gasteiger partial charge in [-0.05, 0) is 31.7 Å². The molecular formula is C16H23NO2. The van der Waals surface area contributed by atoms with Gasteiger partial charge in [-0.1, -0.05) is 32.0 Å². The van der Waals surface area contributed by atoms with Gasteiger partial charge in [0, 0.05) is 23.7 Å². The van der Waals surface area contributed by atoms with Crippen LogP contribution in [0.5, 0.6) is 0 Å². The van der Waals surface area contributed by atoms with Crippen molar-refractivity contribution in [2.75, 3.05) is 11.4 Å². The van der Waals surface area contributed by atoms with E-state index in [-0.39, 0.29) is 11.8 Å². The van der Waals surface area contributed by atoms with Gasteiger partial charge in [-0.25, -0.2) is 0 Å². The molecule has 3 heteroatoms. The first kappa shape index (κ1) is 14.1. The summed E-state index contributed by atoms with van der Waals surface area (Å²) < 4.78 is 0. The lowest BCUT2D eigenvalue weighted by molar-refractivity contribution is -0.122. The second-order valence-electron chi connectivity index (χ2n) is 5.22. The van der Waals surface area contributed by atoms with Gasteiger partial charge in [-0.3, -0.25) is 4.79 Å². The molecule has 1 aliphatic heterocycles. The van der Waals surface area contributed by atoms with Crippen LogP contribution in [-0.2, 0) is 4.79 Å². The normalized spacial score (nSPS) is 19.2. The zero-order valence-electron chi connectivity index (χ0n) is 11.8. The summed E-state index contributed by atoms with van der Waals surface area (Å²) in [7, 11) is 0. The number of carbonyl (C=O) groups excluding carboxylic acids is 1. The van der Waals surface area contributed by atoms with Crippen LogP contribution in [0.2, 0.25) is 0 Å². The van der Waals surface area contributed by atoms with Crippen LogP contribution < -0.4 is 4.90 Å². The number of fused-ring (bicyclic) bond motifs is 1. The first-order chi connectivity index (χ1) is 9.19. The molecule has 104 valence electrons. The van der Waals surface area contributed by atoms with Crippen molar-refractivity contribution >= 4 is 11.6 Å². The average molecular weight is 261 g/mol. The minimum absolute atomic E-state index is 0.0864. The second-order valence-corrected chi connectivity index (χ2v) is 5.22. The molecule has 1 aromatic carbocycles. The van der Waals surface area contributed by atoms with Gasteiger partial charge in [0.2, 0.25) is 5.91 Å². The molecule has 2 rings (SSSR count). The Morgan fingerprint density at radius 3 is 2.74 bits per heavy atom. The Morgan fingerprint density at radius 2 is 2.05 bits per heavy atom. The van der Waals surface area contributed by atoms with Gasteiger partial charge in [0.25, 0.3) is 0 Å². The largest absolute Gasteiger partial charge is 0.388 e. The van der Waals surface area contributed by atoms with Crippen molar-refractivity contribution < 1.29 is 9.90 Å². The lowest BCUT2D eigenvalue weighted by atomic mass is 10.0. The second kappa shape index (κ2) is 6.20. The van der Waals surface area contributed by atoms with Gasteiger partial charge in [-0.15, -0.1) is 0 Å². The Labute approximate surface area is 115 Å². The smallest absolute Gasteiger partial charge is 0.230 e. The topological polar surface area (TPSA) is 40.5 Å². The fourth-order valence-corrected chi connectivity index (χ4v) is 2.82. The van der Waals surface area contributed by atoms with Crippen LogP contribution in [0.25, 0.3) is 0 Å². The van der Waals surface area contributed by atoms with Crippen LogP contribution in [-0.4, -0.2) is 17.6 Å². The van der Waals surface area contributed by atoms with E-state index in [0.29, 0.717) is 6.54 Å². The summed E-state index contributed by atoms with van der Waals surface area (Å²) in [5.74, 6) is 0.287. The maximum Gasteiger partial charge on any atom is 0.230 e. The Kier molecular flexibility index (Phi) is 4.59. The van der Waals surface area contributed by atoms with Gasteiger partial charge in [0.05, 0.1) is 6.10 Å². The number of carbonyl (C=O) groups is 1. The molecule has 1 unspecified atom stereocenters. The molecule has 0 saturated carbocycles. The van der Waals surface area contributed by atoms with E-state index in [9.17, 15) is 9.90 Å². The van der Waals surface area contributed by atoms with Crippen LogP contribution >= 0.6 is 0 Å². The van der Waals surface area contributed by atoms with Crippen molar-refractivity contribution in [3.05, 3.63) is 29.8 Å². The fraction of sp³-hybridized carbons (Fsp3) is 0.562. The molecule has 0 spiro atoms. The summed E-state index contributed by atoms with van der Waals surface area (Å²) in [4.78, 5) is 14.5. The highest BCUT2D eigenvalue weighted by Gasteiger charge is 2.28. The van der Waals surface area contributed by atoms with Gasteiger partial charge in [-0.2, -0.15) is 0 Å². The first-order valence-electron chi connectivity index (χ1n) is 7.27. The number of hydrogen-bond donors (Lipinski definition) is 1. The summed E-state index contributed by atoms with van der Waals surface area (Å²) in [5.41, 5.74) is 1.78. The number of amides is 1. The molecule has 1 amide bonds. The quantitative estimate of drug-likeness (QED) is 0.907. The van der Waals surface area contributed by atoms with Crippen molar-refractivity contribution in [3.8, 4) is 0 Å². The van der Waals surface area contributed by atoms with Gasteiger partial charge >= 0.3 is 0 Å². The molecule has 0 bridgehead atoms. The third kappa shape index (κ3) is 2.81. The summed E-state index contributed by atoms with van der Waals surface area (Å²) in [5, 5.41) is 10.2. The van der Waals surface area contributed by atoms with E-state index in [0.717, 1.165) is 36.9 Å². The Morgan fingerprint density at radius 1 is 1.37 bits per heavy atom. The number of para-hydroxylation sites is 1. The average Bonchev–Trinajstić information content (AvgIpc) is 2.60. The molecule has 1 aromatic rings. The minimum Gasteiger partial charge on any atom is -0.388 e. The zero-order valence-corrected chi connectivity index (χ0v) is 11.8. The molecule has 1 aliphatic rings. The molecule has 3 nitrogen and oxygen atoms in total. The Bertz CT molecular complexity index is 440. The van der Waals surface area contributed by atoms with Crippen LogP contribution in [0, 0.1) is 5.92 Å². The third-order valence-electron chi connectivity index (χ3n) is 4.05.